The van der Waals surface area contributed by atoms with E-state index in [0.717, 1.165) is 17.4 Å². The summed E-state index contributed by atoms with van der Waals surface area (Å²) in [4.78, 5) is 12.2. The van der Waals surface area contributed by atoms with Crippen LogP contribution in [0.3, 0.4) is 0 Å². The van der Waals surface area contributed by atoms with Crippen LogP contribution in [0.5, 0.6) is 0 Å². The molecule has 2 rings (SSSR count). The topological polar surface area (TPSA) is 43.3 Å². The largest absolute Gasteiger partial charge is 0.443 e. The van der Waals surface area contributed by atoms with Crippen LogP contribution in [0.1, 0.15) is 40.2 Å². The second-order valence-electron chi connectivity index (χ2n) is 6.59. The summed E-state index contributed by atoms with van der Waals surface area (Å²) in [6.45, 7) is 10.7. The number of hydrogen-bond acceptors (Lipinski definition) is 3. The Labute approximate surface area is 126 Å². The van der Waals surface area contributed by atoms with Gasteiger partial charge < -0.3 is 10.1 Å². The van der Waals surface area contributed by atoms with E-state index in [1.54, 1.807) is 10.8 Å². The highest BCUT2D eigenvalue weighted by Crippen LogP contribution is 2.19. The lowest BCUT2D eigenvalue weighted by atomic mass is 10.1. The highest BCUT2D eigenvalue weighted by molar-refractivity contribution is 5.89. The number of carbonyl (C=O) groups is 1. The molecule has 0 aliphatic carbocycles. The molecular formula is C17H24N2O2. The molecule has 1 aromatic carbocycles. The maximum Gasteiger partial charge on any atom is 0.418 e. The van der Waals surface area contributed by atoms with Crippen LogP contribution in [0.25, 0.3) is 10.9 Å². The Morgan fingerprint density at radius 3 is 2.62 bits per heavy atom. The molecule has 2 aromatic rings. The van der Waals surface area contributed by atoms with Crippen LogP contribution in [-0.4, -0.2) is 22.3 Å². The van der Waals surface area contributed by atoms with Crippen LogP contribution in [0.15, 0.2) is 30.5 Å². The van der Waals surface area contributed by atoms with Crippen LogP contribution >= 0.6 is 0 Å². The van der Waals surface area contributed by atoms with Gasteiger partial charge in [0.1, 0.15) is 5.60 Å². The molecule has 0 amide bonds. The average molecular weight is 288 g/mol. The van der Waals surface area contributed by atoms with E-state index < -0.39 is 5.60 Å². The quantitative estimate of drug-likeness (QED) is 0.930. The number of ether oxygens (including phenoxy) is 1. The summed E-state index contributed by atoms with van der Waals surface area (Å²) in [5.74, 6) is 0. The molecule has 0 spiro atoms. The molecule has 4 nitrogen and oxygen atoms in total. The standard InChI is InChI=1S/C17H24N2O2/c1-12(2)18-11-13-6-7-15-14(10-13)8-9-19(15)16(20)21-17(3,4)5/h6-10,12,18H,11H2,1-5H3. The molecule has 0 aliphatic heterocycles. The van der Waals surface area contributed by atoms with Crippen molar-refractivity contribution in [1.82, 2.24) is 9.88 Å². The van der Waals surface area contributed by atoms with Crippen LogP contribution in [0.2, 0.25) is 0 Å². The molecule has 4 heteroatoms. The zero-order chi connectivity index (χ0) is 15.6. The predicted octanol–water partition coefficient (Wildman–Crippen LogP) is 3.92. The Bertz CT molecular complexity index is 636. The van der Waals surface area contributed by atoms with Gasteiger partial charge in [0.25, 0.3) is 0 Å². The predicted molar refractivity (Wildman–Crippen MR) is 85.5 cm³/mol. The van der Waals surface area contributed by atoms with Crippen LogP contribution in [0.4, 0.5) is 4.79 Å². The number of fused-ring (bicyclic) bond motifs is 1. The fourth-order valence-corrected chi connectivity index (χ4v) is 2.09. The Balaban J connectivity index is 2.23. The molecule has 0 unspecified atom stereocenters. The normalized spacial score (nSPS) is 12.1. The van der Waals surface area contributed by atoms with Crippen LogP contribution in [-0.2, 0) is 11.3 Å². The zero-order valence-electron chi connectivity index (χ0n) is 13.4. The number of nitrogens with zero attached hydrogens (tertiary/aromatic N) is 1. The monoisotopic (exact) mass is 288 g/mol. The lowest BCUT2D eigenvalue weighted by Gasteiger charge is -2.19. The van der Waals surface area contributed by atoms with Crippen molar-refractivity contribution in [3.63, 3.8) is 0 Å². The molecule has 21 heavy (non-hydrogen) atoms. The highest BCUT2D eigenvalue weighted by atomic mass is 16.6. The van der Waals surface area contributed by atoms with E-state index >= 15 is 0 Å². The van der Waals surface area contributed by atoms with Gasteiger partial charge in [0, 0.05) is 24.2 Å². The lowest BCUT2D eigenvalue weighted by molar-refractivity contribution is 0.0544. The fraction of sp³-hybridized carbons (Fsp3) is 0.471. The Hall–Kier alpha value is -1.81. The molecule has 0 atom stereocenters. The Morgan fingerprint density at radius 2 is 2.00 bits per heavy atom. The Kier molecular flexibility index (Phi) is 4.37. The summed E-state index contributed by atoms with van der Waals surface area (Å²) < 4.78 is 6.97. The zero-order valence-corrected chi connectivity index (χ0v) is 13.4. The average Bonchev–Trinajstić information content (AvgIpc) is 2.77. The van der Waals surface area contributed by atoms with Crippen molar-refractivity contribution < 1.29 is 9.53 Å². The highest BCUT2D eigenvalue weighted by Gasteiger charge is 2.18. The molecule has 0 bridgehead atoms. The number of carbonyl (C=O) groups excluding carboxylic acids is 1. The van der Waals surface area contributed by atoms with Crippen LogP contribution < -0.4 is 5.32 Å². The maximum atomic E-state index is 12.2. The van der Waals surface area contributed by atoms with Gasteiger partial charge in [0.15, 0.2) is 0 Å². The summed E-state index contributed by atoms with van der Waals surface area (Å²) >= 11 is 0. The minimum absolute atomic E-state index is 0.342. The van der Waals surface area contributed by atoms with E-state index in [1.165, 1.54) is 5.56 Å². The first-order valence-electron chi connectivity index (χ1n) is 7.33. The third kappa shape index (κ3) is 4.08. The summed E-state index contributed by atoms with van der Waals surface area (Å²) in [7, 11) is 0. The molecule has 0 radical (unpaired) electrons. The molecule has 0 fully saturated rings. The molecule has 0 aliphatic rings. The van der Waals surface area contributed by atoms with Gasteiger partial charge in [-0.2, -0.15) is 0 Å². The van der Waals surface area contributed by atoms with E-state index in [1.807, 2.05) is 39.0 Å². The van der Waals surface area contributed by atoms with E-state index in [2.05, 4.69) is 25.2 Å². The number of hydrogen-bond donors (Lipinski definition) is 1. The van der Waals surface area contributed by atoms with Gasteiger partial charge in [-0.15, -0.1) is 0 Å². The third-order valence-electron chi connectivity index (χ3n) is 3.06. The van der Waals surface area contributed by atoms with Gasteiger partial charge in [-0.3, -0.25) is 4.57 Å². The van der Waals surface area contributed by atoms with Gasteiger partial charge in [-0.1, -0.05) is 19.9 Å². The molecule has 1 heterocycles. The number of nitrogens with one attached hydrogen (secondary N) is 1. The van der Waals surface area contributed by atoms with E-state index in [9.17, 15) is 4.79 Å². The molecule has 0 saturated carbocycles. The second-order valence-corrected chi connectivity index (χ2v) is 6.59. The molecule has 0 saturated heterocycles. The van der Waals surface area contributed by atoms with Gasteiger partial charge in [0.05, 0.1) is 5.52 Å². The third-order valence-corrected chi connectivity index (χ3v) is 3.06. The summed E-state index contributed by atoms with van der Waals surface area (Å²) in [5, 5.41) is 4.43. The van der Waals surface area contributed by atoms with E-state index in [0.29, 0.717) is 6.04 Å². The van der Waals surface area contributed by atoms with Crippen molar-refractivity contribution >= 4 is 17.0 Å². The van der Waals surface area contributed by atoms with Crippen LogP contribution in [0, 0.1) is 0 Å². The first kappa shape index (κ1) is 15.6. The van der Waals surface area contributed by atoms with Crippen molar-refractivity contribution in [3.8, 4) is 0 Å². The first-order valence-corrected chi connectivity index (χ1v) is 7.33. The number of aromatic nitrogens is 1. The van der Waals surface area contributed by atoms with Gasteiger partial charge in [-0.25, -0.2) is 4.79 Å². The SMILES string of the molecule is CC(C)NCc1ccc2c(ccn2C(=O)OC(C)(C)C)c1. The van der Waals surface area contributed by atoms with Crippen molar-refractivity contribution in [1.29, 1.82) is 0 Å². The number of benzene rings is 1. The van der Waals surface area contributed by atoms with Crippen molar-refractivity contribution in [2.75, 3.05) is 0 Å². The van der Waals surface area contributed by atoms with Gasteiger partial charge >= 0.3 is 6.09 Å². The molecular weight excluding hydrogens is 264 g/mol. The summed E-state index contributed by atoms with van der Waals surface area (Å²) in [6.07, 6.45) is 1.42. The lowest BCUT2D eigenvalue weighted by Crippen LogP contribution is -2.26. The molecule has 1 aromatic heterocycles. The number of rotatable bonds is 3. The van der Waals surface area contributed by atoms with E-state index in [-0.39, 0.29) is 6.09 Å². The Morgan fingerprint density at radius 1 is 1.29 bits per heavy atom. The summed E-state index contributed by atoms with van der Waals surface area (Å²) in [5.41, 5.74) is 1.59. The van der Waals surface area contributed by atoms with Crippen molar-refractivity contribution in [2.45, 2.75) is 52.8 Å². The summed E-state index contributed by atoms with van der Waals surface area (Å²) in [6, 6.07) is 8.51. The molecule has 114 valence electrons. The fourth-order valence-electron chi connectivity index (χ4n) is 2.09. The van der Waals surface area contributed by atoms with E-state index in [4.69, 9.17) is 4.74 Å². The van der Waals surface area contributed by atoms with Crippen molar-refractivity contribution in [3.05, 3.63) is 36.0 Å². The van der Waals surface area contributed by atoms with Crippen molar-refractivity contribution in [2.24, 2.45) is 0 Å². The van der Waals surface area contributed by atoms with Gasteiger partial charge in [0.2, 0.25) is 0 Å². The maximum absolute atomic E-state index is 12.2. The minimum Gasteiger partial charge on any atom is -0.443 e. The van der Waals surface area contributed by atoms with Gasteiger partial charge in [-0.05, 0) is 44.5 Å². The minimum atomic E-state index is -0.491. The second kappa shape index (κ2) is 5.90. The molecule has 1 N–H and O–H groups in total. The smallest absolute Gasteiger partial charge is 0.418 e. The first-order chi connectivity index (χ1) is 9.76.